The van der Waals surface area contributed by atoms with Gasteiger partial charge in [-0.1, -0.05) is 18.2 Å². The van der Waals surface area contributed by atoms with Crippen molar-refractivity contribution in [2.45, 2.75) is 31.7 Å². The van der Waals surface area contributed by atoms with Crippen LogP contribution >= 0.6 is 11.8 Å². The molecule has 0 spiro atoms. The Bertz CT molecular complexity index is 835. The average Bonchev–Trinajstić information content (AvgIpc) is 2.67. The molecule has 0 heterocycles. The van der Waals surface area contributed by atoms with Crippen molar-refractivity contribution in [2.24, 2.45) is 0 Å². The summed E-state index contributed by atoms with van der Waals surface area (Å²) in [5, 5.41) is 2.85. The van der Waals surface area contributed by atoms with Gasteiger partial charge < -0.3 is 14.8 Å². The maximum absolute atomic E-state index is 12.3. The van der Waals surface area contributed by atoms with Gasteiger partial charge in [0.15, 0.2) is 6.61 Å². The fourth-order valence-electron chi connectivity index (χ4n) is 2.58. The predicted molar refractivity (Wildman–Crippen MR) is 108 cm³/mol. The Balaban J connectivity index is 1.94. The van der Waals surface area contributed by atoms with E-state index in [1.54, 1.807) is 23.9 Å². The molecule has 0 aromatic heterocycles. The largest absolute Gasteiger partial charge is 0.496 e. The van der Waals surface area contributed by atoms with Crippen molar-refractivity contribution in [1.29, 1.82) is 0 Å². The summed E-state index contributed by atoms with van der Waals surface area (Å²) in [7, 11) is 1.49. The molecule has 0 unspecified atom stereocenters. The first kappa shape index (κ1) is 20.8. The van der Waals surface area contributed by atoms with Gasteiger partial charge in [0.2, 0.25) is 0 Å². The minimum absolute atomic E-state index is 0.175. The number of esters is 1. The molecule has 0 saturated heterocycles. The molecule has 0 fully saturated rings. The maximum atomic E-state index is 12.3. The number of methoxy groups -OCH3 is 1. The Morgan fingerprint density at radius 1 is 1.11 bits per heavy atom. The highest BCUT2D eigenvalue weighted by molar-refractivity contribution is 7.98. The van der Waals surface area contributed by atoms with Crippen LogP contribution in [0.15, 0.2) is 41.3 Å². The van der Waals surface area contributed by atoms with E-state index in [0.29, 0.717) is 11.3 Å². The monoisotopic (exact) mass is 387 g/mol. The number of ether oxygens (including phenoxy) is 2. The van der Waals surface area contributed by atoms with Crippen molar-refractivity contribution in [3.8, 4) is 5.75 Å². The summed E-state index contributed by atoms with van der Waals surface area (Å²) in [5.41, 5.74) is 3.67. The third-order valence-electron chi connectivity index (χ3n) is 4.37. The van der Waals surface area contributed by atoms with E-state index in [-0.39, 0.29) is 18.6 Å². The van der Waals surface area contributed by atoms with Gasteiger partial charge in [0, 0.05) is 4.90 Å². The van der Waals surface area contributed by atoms with Gasteiger partial charge in [0.25, 0.3) is 5.91 Å². The van der Waals surface area contributed by atoms with Crippen molar-refractivity contribution < 1.29 is 19.1 Å². The lowest BCUT2D eigenvalue weighted by Gasteiger charge is -2.16. The molecule has 0 aliphatic carbocycles. The number of hydrogen-bond acceptors (Lipinski definition) is 5. The smallest absolute Gasteiger partial charge is 0.342 e. The van der Waals surface area contributed by atoms with E-state index in [4.69, 9.17) is 9.47 Å². The fourth-order valence-corrected chi connectivity index (χ4v) is 3.01. The van der Waals surface area contributed by atoms with Crippen LogP contribution in [0.3, 0.4) is 0 Å². The molecule has 1 amide bonds. The molecule has 144 valence electrons. The summed E-state index contributed by atoms with van der Waals surface area (Å²) < 4.78 is 10.4. The maximum Gasteiger partial charge on any atom is 0.342 e. The average molecular weight is 388 g/mol. The van der Waals surface area contributed by atoms with Gasteiger partial charge >= 0.3 is 5.97 Å². The van der Waals surface area contributed by atoms with Gasteiger partial charge in [-0.2, -0.15) is 0 Å². The van der Waals surface area contributed by atoms with Crippen LogP contribution in [0.5, 0.6) is 5.75 Å². The Labute approximate surface area is 164 Å². The zero-order valence-electron chi connectivity index (χ0n) is 16.3. The highest BCUT2D eigenvalue weighted by atomic mass is 32.2. The van der Waals surface area contributed by atoms with Crippen LogP contribution in [0.1, 0.15) is 40.0 Å². The lowest BCUT2D eigenvalue weighted by atomic mass is 10.0. The molecule has 6 heteroatoms. The number of benzene rings is 2. The minimum atomic E-state index is -0.589. The van der Waals surface area contributed by atoms with Gasteiger partial charge in [-0.3, -0.25) is 4.79 Å². The highest BCUT2D eigenvalue weighted by Crippen LogP contribution is 2.26. The number of nitrogens with one attached hydrogen (secondary N) is 1. The molecule has 0 aliphatic rings. The molecular weight excluding hydrogens is 362 g/mol. The number of hydrogen-bond donors (Lipinski definition) is 1. The normalized spacial score (nSPS) is 11.6. The molecule has 5 nitrogen and oxygen atoms in total. The highest BCUT2D eigenvalue weighted by Gasteiger charge is 2.17. The number of thioether (sulfide) groups is 1. The second-order valence-electron chi connectivity index (χ2n) is 6.28. The summed E-state index contributed by atoms with van der Waals surface area (Å²) in [6, 6.07) is 11.1. The zero-order valence-corrected chi connectivity index (χ0v) is 17.1. The van der Waals surface area contributed by atoms with Crippen molar-refractivity contribution in [3.63, 3.8) is 0 Å². The van der Waals surface area contributed by atoms with Gasteiger partial charge in [-0.25, -0.2) is 4.79 Å². The van der Waals surface area contributed by atoms with Crippen LogP contribution < -0.4 is 10.1 Å². The van der Waals surface area contributed by atoms with Crippen LogP contribution in [-0.2, 0) is 9.53 Å². The Kier molecular flexibility index (Phi) is 7.30. The Morgan fingerprint density at radius 3 is 2.48 bits per heavy atom. The number of aryl methyl sites for hydroxylation is 2. The number of carbonyl (C=O) groups is 2. The van der Waals surface area contributed by atoms with E-state index < -0.39 is 5.97 Å². The number of amides is 1. The SMILES string of the molecule is COc1cc(SC)ccc1C(=O)OCC(=O)N[C@@H](C)c1ccc(C)c(C)c1. The molecular formula is C21H25NO4S. The molecule has 0 radical (unpaired) electrons. The fraction of sp³-hybridized carbons (Fsp3) is 0.333. The molecule has 1 N–H and O–H groups in total. The summed E-state index contributed by atoms with van der Waals surface area (Å²) in [4.78, 5) is 25.4. The quantitative estimate of drug-likeness (QED) is 0.573. The molecule has 27 heavy (non-hydrogen) atoms. The number of carbonyl (C=O) groups excluding carboxylic acids is 2. The molecule has 0 aliphatic heterocycles. The van der Waals surface area contributed by atoms with Crippen molar-refractivity contribution >= 4 is 23.6 Å². The van der Waals surface area contributed by atoms with E-state index in [1.165, 1.54) is 18.2 Å². The number of rotatable bonds is 7. The molecule has 0 bridgehead atoms. The topological polar surface area (TPSA) is 64.6 Å². The molecule has 2 aromatic rings. The van der Waals surface area contributed by atoms with Crippen LogP contribution in [0.2, 0.25) is 0 Å². The van der Waals surface area contributed by atoms with Gasteiger partial charge in [0.05, 0.1) is 13.2 Å². The molecule has 0 saturated carbocycles. The second kappa shape index (κ2) is 9.46. The Morgan fingerprint density at radius 2 is 1.85 bits per heavy atom. The van der Waals surface area contributed by atoms with Crippen LogP contribution in [0.4, 0.5) is 0 Å². The summed E-state index contributed by atoms with van der Waals surface area (Å²) in [6.45, 7) is 5.63. The Hall–Kier alpha value is -2.47. The molecule has 2 aromatic carbocycles. The zero-order chi connectivity index (χ0) is 20.0. The van der Waals surface area contributed by atoms with Gasteiger partial charge in [0.1, 0.15) is 11.3 Å². The second-order valence-corrected chi connectivity index (χ2v) is 7.15. The van der Waals surface area contributed by atoms with Crippen molar-refractivity contribution in [2.75, 3.05) is 20.0 Å². The minimum Gasteiger partial charge on any atom is -0.496 e. The third kappa shape index (κ3) is 5.50. The molecule has 1 atom stereocenters. The van der Waals surface area contributed by atoms with Crippen LogP contribution in [0, 0.1) is 13.8 Å². The van der Waals surface area contributed by atoms with Gasteiger partial charge in [-0.05, 0) is 61.9 Å². The van der Waals surface area contributed by atoms with E-state index >= 15 is 0 Å². The lowest BCUT2D eigenvalue weighted by Crippen LogP contribution is -2.31. The van der Waals surface area contributed by atoms with Gasteiger partial charge in [-0.15, -0.1) is 11.8 Å². The van der Waals surface area contributed by atoms with E-state index in [2.05, 4.69) is 5.32 Å². The van der Waals surface area contributed by atoms with Crippen LogP contribution in [0.25, 0.3) is 0 Å². The van der Waals surface area contributed by atoms with Crippen molar-refractivity contribution in [1.82, 2.24) is 5.32 Å². The predicted octanol–water partition coefficient (Wildman–Crippen LogP) is 4.07. The van der Waals surface area contributed by atoms with Crippen LogP contribution in [-0.4, -0.2) is 31.8 Å². The van der Waals surface area contributed by atoms with E-state index in [9.17, 15) is 9.59 Å². The summed E-state index contributed by atoms with van der Waals surface area (Å²) in [5.74, 6) is -0.516. The third-order valence-corrected chi connectivity index (χ3v) is 5.10. The lowest BCUT2D eigenvalue weighted by molar-refractivity contribution is -0.124. The standard InChI is InChI=1S/C21H25NO4S/c1-13-6-7-16(10-14(13)2)15(3)22-20(23)12-26-21(24)18-9-8-17(27-5)11-19(18)25-4/h6-11,15H,12H2,1-5H3,(H,22,23)/t15-/m0/s1. The first-order valence-corrected chi connectivity index (χ1v) is 9.83. The van der Waals surface area contributed by atoms with E-state index in [1.807, 2.05) is 51.3 Å². The summed E-state index contributed by atoms with van der Waals surface area (Å²) >= 11 is 1.55. The molecule has 2 rings (SSSR count). The first-order chi connectivity index (χ1) is 12.8. The van der Waals surface area contributed by atoms with E-state index in [0.717, 1.165) is 10.5 Å². The summed E-state index contributed by atoms with van der Waals surface area (Å²) in [6.07, 6.45) is 1.94. The van der Waals surface area contributed by atoms with Crippen molar-refractivity contribution in [3.05, 3.63) is 58.7 Å². The first-order valence-electron chi connectivity index (χ1n) is 8.61.